The standard InChI is InChI=1S/C15H14F2N2O3S/c16-10-2-1-8(5-11(10)17)14(21)19-6-9(7-19)13(20)18-12-3-4-23-15(12)22/h1-2,5,9,12H,3-4,6-7H2,(H,18,20)/t12-/m1/s1. The zero-order chi connectivity index (χ0) is 16.6. The SMILES string of the molecule is O=C(N[C@@H]1CCSC1=O)C1CN(C(=O)c2ccc(F)c(F)c2)C1. The quantitative estimate of drug-likeness (QED) is 0.897. The molecule has 5 nitrogen and oxygen atoms in total. The summed E-state index contributed by atoms with van der Waals surface area (Å²) in [6, 6.07) is 2.52. The average molecular weight is 340 g/mol. The maximum Gasteiger partial charge on any atom is 0.254 e. The van der Waals surface area contributed by atoms with Gasteiger partial charge in [-0.2, -0.15) is 0 Å². The maximum absolute atomic E-state index is 13.2. The van der Waals surface area contributed by atoms with Crippen molar-refractivity contribution in [2.75, 3.05) is 18.8 Å². The van der Waals surface area contributed by atoms with Gasteiger partial charge < -0.3 is 10.2 Å². The Morgan fingerprint density at radius 3 is 2.57 bits per heavy atom. The van der Waals surface area contributed by atoms with Crippen LogP contribution in [0.2, 0.25) is 0 Å². The molecule has 2 amide bonds. The Bertz CT molecular complexity index is 677. The first-order valence-electron chi connectivity index (χ1n) is 7.17. The maximum atomic E-state index is 13.2. The van der Waals surface area contributed by atoms with Gasteiger partial charge in [0.15, 0.2) is 11.6 Å². The Morgan fingerprint density at radius 2 is 1.96 bits per heavy atom. The Hall–Kier alpha value is -1.96. The summed E-state index contributed by atoms with van der Waals surface area (Å²) in [5, 5.41) is 2.65. The highest BCUT2D eigenvalue weighted by molar-refractivity contribution is 8.14. The molecule has 2 fully saturated rings. The number of likely N-dealkylation sites (tertiary alicyclic amines) is 1. The van der Waals surface area contributed by atoms with E-state index in [1.165, 1.54) is 22.7 Å². The lowest BCUT2D eigenvalue weighted by atomic mass is 9.97. The van der Waals surface area contributed by atoms with E-state index >= 15 is 0 Å². The summed E-state index contributed by atoms with van der Waals surface area (Å²) >= 11 is 1.21. The molecule has 2 saturated heterocycles. The highest BCUT2D eigenvalue weighted by Gasteiger charge is 2.38. The van der Waals surface area contributed by atoms with E-state index in [9.17, 15) is 23.2 Å². The average Bonchev–Trinajstić information content (AvgIpc) is 2.85. The van der Waals surface area contributed by atoms with E-state index in [0.29, 0.717) is 12.2 Å². The number of benzene rings is 1. The van der Waals surface area contributed by atoms with E-state index in [4.69, 9.17) is 0 Å². The summed E-state index contributed by atoms with van der Waals surface area (Å²) < 4.78 is 26.0. The zero-order valence-corrected chi connectivity index (χ0v) is 12.9. The van der Waals surface area contributed by atoms with Gasteiger partial charge in [-0.1, -0.05) is 11.8 Å². The Balaban J connectivity index is 1.53. The first-order chi connectivity index (χ1) is 11.0. The van der Waals surface area contributed by atoms with Gasteiger partial charge in [-0.3, -0.25) is 14.4 Å². The lowest BCUT2D eigenvalue weighted by Crippen LogP contribution is -2.57. The Kier molecular flexibility index (Phi) is 4.34. The second kappa shape index (κ2) is 6.27. The van der Waals surface area contributed by atoms with Gasteiger partial charge in [-0.15, -0.1) is 0 Å². The lowest BCUT2D eigenvalue weighted by molar-refractivity contribution is -0.131. The third-order valence-corrected chi connectivity index (χ3v) is 4.97. The molecule has 0 aliphatic carbocycles. The van der Waals surface area contributed by atoms with Crippen LogP contribution in [0.5, 0.6) is 0 Å². The number of hydrogen-bond acceptors (Lipinski definition) is 4. The molecule has 8 heteroatoms. The van der Waals surface area contributed by atoms with Crippen LogP contribution < -0.4 is 5.32 Å². The Morgan fingerprint density at radius 1 is 1.22 bits per heavy atom. The molecule has 2 aliphatic rings. The van der Waals surface area contributed by atoms with E-state index in [2.05, 4.69) is 5.32 Å². The van der Waals surface area contributed by atoms with Crippen molar-refractivity contribution in [3.8, 4) is 0 Å². The molecule has 1 atom stereocenters. The number of nitrogens with zero attached hydrogens (tertiary/aromatic N) is 1. The molecular formula is C15H14F2N2O3S. The molecule has 0 spiro atoms. The second-order valence-electron chi connectivity index (χ2n) is 5.55. The van der Waals surface area contributed by atoms with E-state index in [0.717, 1.165) is 12.1 Å². The van der Waals surface area contributed by atoms with Crippen LogP contribution in [0.15, 0.2) is 18.2 Å². The minimum atomic E-state index is -1.08. The molecule has 0 saturated carbocycles. The molecule has 1 aromatic carbocycles. The van der Waals surface area contributed by atoms with Crippen molar-refractivity contribution in [3.05, 3.63) is 35.4 Å². The van der Waals surface area contributed by atoms with Crippen LogP contribution in [0, 0.1) is 17.6 Å². The van der Waals surface area contributed by atoms with Gasteiger partial charge in [0.25, 0.3) is 5.91 Å². The summed E-state index contributed by atoms with van der Waals surface area (Å²) in [5.74, 6) is -2.46. The Labute approximate surface area is 135 Å². The monoisotopic (exact) mass is 340 g/mol. The minimum Gasteiger partial charge on any atom is -0.345 e. The molecule has 0 bridgehead atoms. The molecular weight excluding hydrogens is 326 g/mol. The van der Waals surface area contributed by atoms with Crippen molar-refractivity contribution < 1.29 is 23.2 Å². The number of carbonyl (C=O) groups excluding carboxylic acids is 3. The zero-order valence-electron chi connectivity index (χ0n) is 12.1. The summed E-state index contributed by atoms with van der Waals surface area (Å²) in [6.45, 7) is 0.412. The summed E-state index contributed by atoms with van der Waals surface area (Å²) in [4.78, 5) is 37.0. The predicted molar refractivity (Wildman–Crippen MR) is 79.8 cm³/mol. The van der Waals surface area contributed by atoms with Crippen LogP contribution in [0.25, 0.3) is 0 Å². The molecule has 23 heavy (non-hydrogen) atoms. The van der Waals surface area contributed by atoms with Gasteiger partial charge in [-0.05, 0) is 24.6 Å². The summed E-state index contributed by atoms with van der Waals surface area (Å²) in [6.07, 6.45) is 0.624. The van der Waals surface area contributed by atoms with Gasteiger partial charge >= 0.3 is 0 Å². The van der Waals surface area contributed by atoms with Gasteiger partial charge in [0, 0.05) is 24.4 Å². The fourth-order valence-electron chi connectivity index (χ4n) is 2.54. The van der Waals surface area contributed by atoms with Crippen molar-refractivity contribution >= 4 is 28.7 Å². The van der Waals surface area contributed by atoms with E-state index in [1.807, 2.05) is 0 Å². The summed E-state index contributed by atoms with van der Waals surface area (Å²) in [7, 11) is 0. The molecule has 122 valence electrons. The second-order valence-corrected chi connectivity index (χ2v) is 6.65. The van der Waals surface area contributed by atoms with E-state index in [-0.39, 0.29) is 35.6 Å². The summed E-state index contributed by atoms with van der Waals surface area (Å²) in [5.41, 5.74) is 0.0464. The third-order valence-electron chi connectivity index (χ3n) is 3.96. The molecule has 1 aromatic rings. The number of carbonyl (C=O) groups is 3. The third kappa shape index (κ3) is 3.21. The van der Waals surface area contributed by atoms with Crippen LogP contribution in [0.4, 0.5) is 8.78 Å². The van der Waals surface area contributed by atoms with Crippen LogP contribution in [-0.4, -0.2) is 46.7 Å². The molecule has 0 unspecified atom stereocenters. The smallest absolute Gasteiger partial charge is 0.254 e. The van der Waals surface area contributed by atoms with Gasteiger partial charge in [0.05, 0.1) is 12.0 Å². The van der Waals surface area contributed by atoms with Crippen LogP contribution in [0.3, 0.4) is 0 Å². The number of amides is 2. The molecule has 0 aromatic heterocycles. The predicted octanol–water partition coefficient (Wildman–Crippen LogP) is 1.19. The van der Waals surface area contributed by atoms with E-state index in [1.54, 1.807) is 0 Å². The van der Waals surface area contributed by atoms with Crippen LogP contribution in [0.1, 0.15) is 16.8 Å². The minimum absolute atomic E-state index is 0.0348. The molecule has 2 aliphatic heterocycles. The lowest BCUT2D eigenvalue weighted by Gasteiger charge is -2.38. The van der Waals surface area contributed by atoms with Crippen molar-refractivity contribution in [2.45, 2.75) is 12.5 Å². The fraction of sp³-hybridized carbons (Fsp3) is 0.400. The van der Waals surface area contributed by atoms with E-state index < -0.39 is 23.6 Å². The first-order valence-corrected chi connectivity index (χ1v) is 8.15. The topological polar surface area (TPSA) is 66.5 Å². The largest absolute Gasteiger partial charge is 0.345 e. The molecule has 2 heterocycles. The molecule has 3 rings (SSSR count). The van der Waals surface area contributed by atoms with Gasteiger partial charge in [0.2, 0.25) is 11.0 Å². The number of thioether (sulfide) groups is 1. The van der Waals surface area contributed by atoms with Crippen molar-refractivity contribution in [1.82, 2.24) is 10.2 Å². The van der Waals surface area contributed by atoms with Crippen molar-refractivity contribution in [2.24, 2.45) is 5.92 Å². The highest BCUT2D eigenvalue weighted by atomic mass is 32.2. The van der Waals surface area contributed by atoms with Crippen molar-refractivity contribution in [3.63, 3.8) is 0 Å². The number of rotatable bonds is 3. The van der Waals surface area contributed by atoms with Crippen LogP contribution in [-0.2, 0) is 9.59 Å². The van der Waals surface area contributed by atoms with Crippen LogP contribution >= 0.6 is 11.8 Å². The normalized spacial score (nSPS) is 21.2. The fourth-order valence-corrected chi connectivity index (χ4v) is 3.47. The molecule has 1 N–H and O–H groups in total. The number of hydrogen-bond donors (Lipinski definition) is 1. The number of halogens is 2. The van der Waals surface area contributed by atoms with Gasteiger partial charge in [0.1, 0.15) is 0 Å². The van der Waals surface area contributed by atoms with Crippen molar-refractivity contribution in [1.29, 1.82) is 0 Å². The molecule has 0 radical (unpaired) electrons. The first kappa shape index (κ1) is 15.9. The highest BCUT2D eigenvalue weighted by Crippen LogP contribution is 2.23. The van der Waals surface area contributed by atoms with Gasteiger partial charge in [-0.25, -0.2) is 8.78 Å². The number of nitrogens with one attached hydrogen (secondary N) is 1.